The summed E-state index contributed by atoms with van der Waals surface area (Å²) in [6, 6.07) is 12.2. The van der Waals surface area contributed by atoms with Gasteiger partial charge < -0.3 is 15.2 Å². The molecule has 0 saturated carbocycles. The van der Waals surface area contributed by atoms with Crippen LogP contribution in [0.25, 0.3) is 0 Å². The van der Waals surface area contributed by atoms with Crippen LogP contribution >= 0.6 is 11.6 Å². The molecule has 4 nitrogen and oxygen atoms in total. The number of ether oxygens (including phenoxy) is 2. The van der Waals surface area contributed by atoms with E-state index in [1.807, 2.05) is 0 Å². The van der Waals surface area contributed by atoms with Crippen LogP contribution in [0.2, 0.25) is 5.02 Å². The average Bonchev–Trinajstić information content (AvgIpc) is 2.44. The standard InChI is InChI=1S/C16H16ClNO3/c1-2-20-16(19)10-11-3-8-15(14(17)9-11)21-13-6-4-12(18)5-7-13/h3-9H,2,10,18H2,1H3. The van der Waals surface area contributed by atoms with Crippen LogP contribution in [0.5, 0.6) is 11.5 Å². The quantitative estimate of drug-likeness (QED) is 0.674. The molecule has 110 valence electrons. The van der Waals surface area contributed by atoms with Crippen LogP contribution in [0.1, 0.15) is 12.5 Å². The Morgan fingerprint density at radius 3 is 2.52 bits per heavy atom. The maximum absolute atomic E-state index is 11.4. The van der Waals surface area contributed by atoms with Gasteiger partial charge in [-0.2, -0.15) is 0 Å². The summed E-state index contributed by atoms with van der Waals surface area (Å²) >= 11 is 6.17. The highest BCUT2D eigenvalue weighted by atomic mass is 35.5. The van der Waals surface area contributed by atoms with Crippen molar-refractivity contribution in [2.75, 3.05) is 12.3 Å². The van der Waals surface area contributed by atoms with Gasteiger partial charge in [0.05, 0.1) is 18.1 Å². The third-order valence-electron chi connectivity index (χ3n) is 2.76. The first-order chi connectivity index (χ1) is 10.1. The maximum Gasteiger partial charge on any atom is 0.310 e. The number of benzene rings is 2. The van der Waals surface area contributed by atoms with Crippen molar-refractivity contribution in [2.45, 2.75) is 13.3 Å². The number of hydrogen-bond donors (Lipinski definition) is 1. The molecule has 0 fully saturated rings. The van der Waals surface area contributed by atoms with E-state index in [2.05, 4.69) is 0 Å². The predicted octanol–water partition coefficient (Wildman–Crippen LogP) is 3.82. The Hall–Kier alpha value is -2.20. The summed E-state index contributed by atoms with van der Waals surface area (Å²) in [5.74, 6) is 0.888. The molecule has 2 aromatic carbocycles. The van der Waals surface area contributed by atoms with Crippen LogP contribution in [-0.2, 0) is 16.0 Å². The molecule has 2 N–H and O–H groups in total. The summed E-state index contributed by atoms with van der Waals surface area (Å²) in [5, 5.41) is 0.439. The molecule has 0 aromatic heterocycles. The Kier molecular flexibility index (Phi) is 5.06. The summed E-state index contributed by atoms with van der Waals surface area (Å²) in [6.07, 6.45) is 0.190. The number of rotatable bonds is 5. The minimum atomic E-state index is -0.277. The molecule has 0 amide bonds. The Labute approximate surface area is 128 Å². The van der Waals surface area contributed by atoms with Gasteiger partial charge in [-0.25, -0.2) is 0 Å². The van der Waals surface area contributed by atoms with Crippen LogP contribution in [0, 0.1) is 0 Å². The summed E-state index contributed by atoms with van der Waals surface area (Å²) in [6.45, 7) is 2.14. The van der Waals surface area contributed by atoms with E-state index in [0.29, 0.717) is 28.8 Å². The van der Waals surface area contributed by atoms with E-state index in [-0.39, 0.29) is 12.4 Å². The fraction of sp³-hybridized carbons (Fsp3) is 0.188. The molecule has 0 unspecified atom stereocenters. The van der Waals surface area contributed by atoms with Crippen LogP contribution in [0.3, 0.4) is 0 Å². The highest BCUT2D eigenvalue weighted by Gasteiger charge is 2.08. The third kappa shape index (κ3) is 4.39. The fourth-order valence-electron chi connectivity index (χ4n) is 1.78. The second-order valence-corrected chi connectivity index (χ2v) is 4.82. The molecule has 0 bridgehead atoms. The van der Waals surface area contributed by atoms with Crippen molar-refractivity contribution < 1.29 is 14.3 Å². The SMILES string of the molecule is CCOC(=O)Cc1ccc(Oc2ccc(N)cc2)c(Cl)c1. The summed E-state index contributed by atoms with van der Waals surface area (Å²) < 4.78 is 10.6. The summed E-state index contributed by atoms with van der Waals surface area (Å²) in [7, 11) is 0. The van der Waals surface area contributed by atoms with Gasteiger partial charge in [0, 0.05) is 5.69 Å². The van der Waals surface area contributed by atoms with Gasteiger partial charge in [-0.1, -0.05) is 17.7 Å². The van der Waals surface area contributed by atoms with Crippen LogP contribution in [0.15, 0.2) is 42.5 Å². The van der Waals surface area contributed by atoms with Crippen molar-refractivity contribution >= 4 is 23.3 Å². The highest BCUT2D eigenvalue weighted by Crippen LogP contribution is 2.30. The van der Waals surface area contributed by atoms with Crippen molar-refractivity contribution in [3.63, 3.8) is 0 Å². The number of nitrogens with two attached hydrogens (primary N) is 1. The molecule has 2 aromatic rings. The van der Waals surface area contributed by atoms with Gasteiger partial charge in [0.25, 0.3) is 0 Å². The number of halogens is 1. The molecule has 0 aliphatic rings. The lowest BCUT2D eigenvalue weighted by Crippen LogP contribution is -2.07. The van der Waals surface area contributed by atoms with Gasteiger partial charge in [0.2, 0.25) is 0 Å². The van der Waals surface area contributed by atoms with Crippen LogP contribution in [0.4, 0.5) is 5.69 Å². The first kappa shape index (κ1) is 15.2. The van der Waals surface area contributed by atoms with E-state index in [1.54, 1.807) is 49.4 Å². The first-order valence-electron chi connectivity index (χ1n) is 6.56. The number of esters is 1. The van der Waals surface area contributed by atoms with E-state index in [1.165, 1.54) is 0 Å². The maximum atomic E-state index is 11.4. The zero-order valence-corrected chi connectivity index (χ0v) is 12.4. The Bertz CT molecular complexity index is 626. The van der Waals surface area contributed by atoms with Crippen molar-refractivity contribution in [2.24, 2.45) is 0 Å². The van der Waals surface area contributed by atoms with E-state index >= 15 is 0 Å². The van der Waals surface area contributed by atoms with Gasteiger partial charge >= 0.3 is 5.97 Å². The zero-order valence-electron chi connectivity index (χ0n) is 11.6. The zero-order chi connectivity index (χ0) is 15.2. The monoisotopic (exact) mass is 305 g/mol. The summed E-state index contributed by atoms with van der Waals surface area (Å²) in [5.41, 5.74) is 7.06. The molecule has 0 aliphatic heterocycles. The number of carbonyl (C=O) groups is 1. The largest absolute Gasteiger partial charge is 0.466 e. The molecule has 0 radical (unpaired) electrons. The lowest BCUT2D eigenvalue weighted by Gasteiger charge is -2.09. The predicted molar refractivity (Wildman–Crippen MR) is 82.7 cm³/mol. The number of nitrogen functional groups attached to an aromatic ring is 1. The average molecular weight is 306 g/mol. The van der Waals surface area contributed by atoms with Gasteiger partial charge in [-0.05, 0) is 48.9 Å². The normalized spacial score (nSPS) is 10.2. The Balaban J connectivity index is 2.08. The van der Waals surface area contributed by atoms with Crippen molar-refractivity contribution in [1.82, 2.24) is 0 Å². The summed E-state index contributed by atoms with van der Waals surface area (Å²) in [4.78, 5) is 11.4. The Morgan fingerprint density at radius 2 is 1.90 bits per heavy atom. The second-order valence-electron chi connectivity index (χ2n) is 4.42. The minimum Gasteiger partial charge on any atom is -0.466 e. The number of carbonyl (C=O) groups excluding carboxylic acids is 1. The lowest BCUT2D eigenvalue weighted by molar-refractivity contribution is -0.142. The highest BCUT2D eigenvalue weighted by molar-refractivity contribution is 6.32. The van der Waals surface area contributed by atoms with E-state index in [9.17, 15) is 4.79 Å². The fourth-order valence-corrected chi connectivity index (χ4v) is 2.02. The topological polar surface area (TPSA) is 61.5 Å². The molecule has 0 spiro atoms. The van der Waals surface area contributed by atoms with Crippen LogP contribution in [-0.4, -0.2) is 12.6 Å². The van der Waals surface area contributed by atoms with E-state index in [4.69, 9.17) is 26.8 Å². The molecular formula is C16H16ClNO3. The molecule has 5 heteroatoms. The van der Waals surface area contributed by atoms with Crippen molar-refractivity contribution in [1.29, 1.82) is 0 Å². The van der Waals surface area contributed by atoms with E-state index in [0.717, 1.165) is 5.56 Å². The molecule has 0 aliphatic carbocycles. The third-order valence-corrected chi connectivity index (χ3v) is 3.05. The molecule has 2 rings (SSSR count). The molecule has 0 heterocycles. The van der Waals surface area contributed by atoms with Gasteiger partial charge in [-0.15, -0.1) is 0 Å². The van der Waals surface area contributed by atoms with E-state index < -0.39 is 0 Å². The van der Waals surface area contributed by atoms with Crippen LogP contribution < -0.4 is 10.5 Å². The molecule has 0 saturated heterocycles. The smallest absolute Gasteiger partial charge is 0.310 e. The Morgan fingerprint density at radius 1 is 1.19 bits per heavy atom. The molecule has 0 atom stereocenters. The molecule has 21 heavy (non-hydrogen) atoms. The second kappa shape index (κ2) is 6.99. The number of anilines is 1. The van der Waals surface area contributed by atoms with Gasteiger partial charge in [-0.3, -0.25) is 4.79 Å². The van der Waals surface area contributed by atoms with Gasteiger partial charge in [0.15, 0.2) is 0 Å². The van der Waals surface area contributed by atoms with Gasteiger partial charge in [0.1, 0.15) is 11.5 Å². The first-order valence-corrected chi connectivity index (χ1v) is 6.93. The van der Waals surface area contributed by atoms with Crippen molar-refractivity contribution in [3.05, 3.63) is 53.1 Å². The minimum absolute atomic E-state index is 0.190. The number of hydrogen-bond acceptors (Lipinski definition) is 4. The lowest BCUT2D eigenvalue weighted by atomic mass is 10.1. The molecular weight excluding hydrogens is 290 g/mol. The van der Waals surface area contributed by atoms with Crippen molar-refractivity contribution in [3.8, 4) is 11.5 Å².